The highest BCUT2D eigenvalue weighted by Crippen LogP contribution is 2.29. The van der Waals surface area contributed by atoms with Crippen LogP contribution in [0.25, 0.3) is 10.2 Å². The van der Waals surface area contributed by atoms with Crippen LogP contribution in [0.4, 0.5) is 5.13 Å². The lowest BCUT2D eigenvalue weighted by Gasteiger charge is -2.00. The predicted octanol–water partition coefficient (Wildman–Crippen LogP) is 3.12. The highest BCUT2D eigenvalue weighted by Gasteiger charge is 2.11. The Kier molecular flexibility index (Phi) is 4.77. The van der Waals surface area contributed by atoms with Crippen LogP contribution in [0.1, 0.15) is 12.8 Å². The molecule has 0 aliphatic carbocycles. The van der Waals surface area contributed by atoms with Gasteiger partial charge in [-0.25, -0.2) is 4.98 Å². The van der Waals surface area contributed by atoms with E-state index in [0.717, 1.165) is 16.0 Å². The van der Waals surface area contributed by atoms with Gasteiger partial charge in [-0.3, -0.25) is 4.79 Å². The van der Waals surface area contributed by atoms with Gasteiger partial charge in [-0.05, 0) is 25.1 Å². The molecular formula is C14H14N4O3S2. The lowest BCUT2D eigenvalue weighted by molar-refractivity contribution is -0.113. The number of aryl methyl sites for hydroxylation is 1. The maximum Gasteiger partial charge on any atom is 0.277 e. The van der Waals surface area contributed by atoms with Gasteiger partial charge in [-0.15, -0.1) is 10.2 Å². The number of rotatable bonds is 6. The number of hydrogen-bond acceptors (Lipinski definition) is 8. The lowest BCUT2D eigenvalue weighted by atomic mass is 10.3. The van der Waals surface area contributed by atoms with Gasteiger partial charge in [0.25, 0.3) is 5.22 Å². The van der Waals surface area contributed by atoms with Crippen LogP contribution in [0.15, 0.2) is 27.8 Å². The Labute approximate surface area is 140 Å². The second-order valence-corrected chi connectivity index (χ2v) is 6.46. The highest BCUT2D eigenvalue weighted by atomic mass is 32.2. The van der Waals surface area contributed by atoms with E-state index in [-0.39, 0.29) is 11.7 Å². The average Bonchev–Trinajstić information content (AvgIpc) is 3.10. The molecule has 0 fully saturated rings. The Morgan fingerprint density at radius 1 is 1.43 bits per heavy atom. The second kappa shape index (κ2) is 6.97. The molecule has 1 aromatic carbocycles. The van der Waals surface area contributed by atoms with Crippen LogP contribution in [0.2, 0.25) is 0 Å². The molecule has 0 aliphatic heterocycles. The van der Waals surface area contributed by atoms with E-state index in [1.54, 1.807) is 6.92 Å². The van der Waals surface area contributed by atoms with E-state index in [2.05, 4.69) is 20.5 Å². The van der Waals surface area contributed by atoms with E-state index in [0.29, 0.717) is 22.9 Å². The molecule has 0 unspecified atom stereocenters. The van der Waals surface area contributed by atoms with Gasteiger partial charge in [-0.1, -0.05) is 23.1 Å². The number of carbonyl (C=O) groups is 1. The summed E-state index contributed by atoms with van der Waals surface area (Å²) in [6.07, 6.45) is 0. The van der Waals surface area contributed by atoms with Crippen LogP contribution in [-0.4, -0.2) is 33.4 Å². The monoisotopic (exact) mass is 350 g/mol. The van der Waals surface area contributed by atoms with Gasteiger partial charge in [0.05, 0.1) is 22.6 Å². The molecule has 23 heavy (non-hydrogen) atoms. The van der Waals surface area contributed by atoms with Crippen molar-refractivity contribution >= 4 is 44.4 Å². The zero-order valence-electron chi connectivity index (χ0n) is 12.5. The van der Waals surface area contributed by atoms with Gasteiger partial charge in [0.2, 0.25) is 11.8 Å². The van der Waals surface area contributed by atoms with Gasteiger partial charge in [0.1, 0.15) is 5.75 Å². The zero-order valence-corrected chi connectivity index (χ0v) is 14.2. The minimum absolute atomic E-state index is 0.171. The van der Waals surface area contributed by atoms with Gasteiger partial charge in [0, 0.05) is 6.92 Å². The largest absolute Gasteiger partial charge is 0.494 e. The first-order chi connectivity index (χ1) is 11.1. The molecule has 2 aromatic heterocycles. The molecule has 0 atom stereocenters. The molecule has 0 saturated carbocycles. The summed E-state index contributed by atoms with van der Waals surface area (Å²) in [4.78, 5) is 16.3. The number of nitrogens with zero attached hydrogens (tertiary/aromatic N) is 3. The smallest absolute Gasteiger partial charge is 0.277 e. The summed E-state index contributed by atoms with van der Waals surface area (Å²) in [6.45, 7) is 4.25. The molecule has 7 nitrogen and oxygen atoms in total. The zero-order chi connectivity index (χ0) is 16.2. The van der Waals surface area contributed by atoms with Gasteiger partial charge in [-0.2, -0.15) is 0 Å². The molecule has 1 amide bonds. The summed E-state index contributed by atoms with van der Waals surface area (Å²) in [5.74, 6) is 1.28. The van der Waals surface area contributed by atoms with Crippen LogP contribution in [-0.2, 0) is 4.79 Å². The maximum absolute atomic E-state index is 12.0. The van der Waals surface area contributed by atoms with E-state index in [1.807, 2.05) is 25.1 Å². The van der Waals surface area contributed by atoms with Crippen molar-refractivity contribution in [2.45, 2.75) is 19.1 Å². The van der Waals surface area contributed by atoms with Crippen molar-refractivity contribution in [2.24, 2.45) is 0 Å². The minimum atomic E-state index is -0.171. The van der Waals surface area contributed by atoms with E-state index in [4.69, 9.17) is 9.15 Å². The number of amides is 1. The first kappa shape index (κ1) is 15.8. The summed E-state index contributed by atoms with van der Waals surface area (Å²) >= 11 is 2.60. The fourth-order valence-corrected chi connectivity index (χ4v) is 3.35. The Bertz CT molecular complexity index is 830. The van der Waals surface area contributed by atoms with Crippen LogP contribution in [0.3, 0.4) is 0 Å². The quantitative estimate of drug-likeness (QED) is 0.683. The van der Waals surface area contributed by atoms with Crippen molar-refractivity contribution in [1.82, 2.24) is 15.2 Å². The number of hydrogen-bond donors (Lipinski definition) is 1. The van der Waals surface area contributed by atoms with Crippen molar-refractivity contribution in [1.29, 1.82) is 0 Å². The molecular weight excluding hydrogens is 336 g/mol. The molecule has 9 heteroatoms. The number of carbonyl (C=O) groups excluding carboxylic acids is 1. The lowest BCUT2D eigenvalue weighted by Crippen LogP contribution is -2.13. The Morgan fingerprint density at radius 3 is 3.04 bits per heavy atom. The van der Waals surface area contributed by atoms with Crippen LogP contribution in [0.5, 0.6) is 5.75 Å². The van der Waals surface area contributed by atoms with E-state index < -0.39 is 0 Å². The Morgan fingerprint density at radius 2 is 2.30 bits per heavy atom. The van der Waals surface area contributed by atoms with Crippen LogP contribution < -0.4 is 10.1 Å². The summed E-state index contributed by atoms with van der Waals surface area (Å²) in [6, 6.07) is 5.66. The van der Waals surface area contributed by atoms with Crippen LogP contribution >= 0.6 is 23.1 Å². The summed E-state index contributed by atoms with van der Waals surface area (Å²) < 4.78 is 11.6. The third kappa shape index (κ3) is 3.99. The standard InChI is InChI=1S/C14H14N4O3S2/c1-3-20-9-4-5-10-11(6-9)23-13(15-10)16-12(19)7-22-14-18-17-8(2)21-14/h4-6H,3,7H2,1-2H3,(H,15,16,19). The summed E-state index contributed by atoms with van der Waals surface area (Å²) in [7, 11) is 0. The average molecular weight is 350 g/mol. The van der Waals surface area contributed by atoms with Gasteiger partial charge >= 0.3 is 0 Å². The Balaban J connectivity index is 1.62. The van der Waals surface area contributed by atoms with Crippen molar-refractivity contribution in [3.63, 3.8) is 0 Å². The molecule has 0 bridgehead atoms. The van der Waals surface area contributed by atoms with E-state index in [9.17, 15) is 4.79 Å². The van der Waals surface area contributed by atoms with E-state index >= 15 is 0 Å². The molecule has 0 saturated heterocycles. The third-order valence-electron chi connectivity index (χ3n) is 2.75. The summed E-state index contributed by atoms with van der Waals surface area (Å²) in [5, 5.41) is 11.2. The second-order valence-electron chi connectivity index (χ2n) is 4.51. The molecule has 1 N–H and O–H groups in total. The van der Waals surface area contributed by atoms with E-state index in [1.165, 1.54) is 23.1 Å². The van der Waals surface area contributed by atoms with Crippen molar-refractivity contribution in [3.05, 3.63) is 24.1 Å². The fraction of sp³-hybridized carbons (Fsp3) is 0.286. The number of nitrogens with one attached hydrogen (secondary N) is 1. The first-order valence-electron chi connectivity index (χ1n) is 6.90. The molecule has 0 spiro atoms. The van der Waals surface area contributed by atoms with Gasteiger partial charge in [0.15, 0.2) is 5.13 Å². The molecule has 120 valence electrons. The summed E-state index contributed by atoms with van der Waals surface area (Å²) in [5.41, 5.74) is 0.828. The number of benzene rings is 1. The van der Waals surface area contributed by atoms with Crippen molar-refractivity contribution < 1.29 is 13.9 Å². The maximum atomic E-state index is 12.0. The number of anilines is 1. The minimum Gasteiger partial charge on any atom is -0.494 e. The van der Waals surface area contributed by atoms with Crippen molar-refractivity contribution in [3.8, 4) is 5.75 Å². The fourth-order valence-electron chi connectivity index (χ4n) is 1.83. The van der Waals surface area contributed by atoms with Crippen LogP contribution in [0, 0.1) is 6.92 Å². The predicted molar refractivity (Wildman–Crippen MR) is 89.2 cm³/mol. The SMILES string of the molecule is CCOc1ccc2nc(NC(=O)CSc3nnc(C)o3)sc2c1. The molecule has 3 rings (SSSR count). The molecule has 2 heterocycles. The third-order valence-corrected chi connectivity index (χ3v) is 4.50. The molecule has 3 aromatic rings. The number of thiazole rings is 1. The Hall–Kier alpha value is -2.13. The number of ether oxygens (including phenoxy) is 1. The molecule has 0 radical (unpaired) electrons. The number of fused-ring (bicyclic) bond motifs is 1. The highest BCUT2D eigenvalue weighted by molar-refractivity contribution is 7.99. The van der Waals surface area contributed by atoms with Gasteiger partial charge < -0.3 is 14.5 Å². The number of aromatic nitrogens is 3. The molecule has 0 aliphatic rings. The normalized spacial score (nSPS) is 10.9. The van der Waals surface area contributed by atoms with Crippen molar-refractivity contribution in [2.75, 3.05) is 17.7 Å². The number of thioether (sulfide) groups is 1. The first-order valence-corrected chi connectivity index (χ1v) is 8.70. The topological polar surface area (TPSA) is 90.1 Å².